The molecule has 5 rings (SSSR count). The Hall–Kier alpha value is -4.81. The zero-order chi connectivity index (χ0) is 29.0. The van der Waals surface area contributed by atoms with E-state index in [2.05, 4.69) is 10.3 Å². The molecule has 13 heteroatoms. The molecule has 208 valence electrons. The first-order chi connectivity index (χ1) is 18.8. The Morgan fingerprint density at radius 3 is 2.67 bits per heavy atom. The van der Waals surface area contributed by atoms with E-state index < -0.39 is 46.3 Å². The van der Waals surface area contributed by atoms with Gasteiger partial charge < -0.3 is 24.1 Å². The highest BCUT2D eigenvalue weighted by atomic mass is 16.6. The van der Waals surface area contributed by atoms with Crippen LogP contribution in [0.1, 0.15) is 50.8 Å². The molecule has 0 aliphatic carbocycles. The number of nitrogens with zero attached hydrogens (tertiary/aromatic N) is 3. The number of hydrogen-bond acceptors (Lipinski definition) is 10. The highest BCUT2D eigenvalue weighted by Crippen LogP contribution is 2.41. The molecule has 1 aromatic carbocycles. The van der Waals surface area contributed by atoms with E-state index >= 15 is 0 Å². The molecule has 1 N–H and O–H groups in total. The molecule has 13 nitrogen and oxygen atoms in total. The van der Waals surface area contributed by atoms with Gasteiger partial charge in [0.15, 0.2) is 0 Å². The van der Waals surface area contributed by atoms with E-state index in [0.29, 0.717) is 27.9 Å². The monoisotopic (exact) mass is 550 g/mol. The van der Waals surface area contributed by atoms with Crippen LogP contribution in [0.15, 0.2) is 35.1 Å². The van der Waals surface area contributed by atoms with Crippen molar-refractivity contribution in [3.63, 3.8) is 0 Å². The number of non-ortho nitro benzene ring substituents is 1. The van der Waals surface area contributed by atoms with Gasteiger partial charge in [-0.3, -0.25) is 19.7 Å². The summed E-state index contributed by atoms with van der Waals surface area (Å²) in [6, 6.07) is 7.76. The Labute approximate surface area is 227 Å². The summed E-state index contributed by atoms with van der Waals surface area (Å²) >= 11 is 0. The van der Waals surface area contributed by atoms with Gasteiger partial charge in [0.2, 0.25) is 5.60 Å². The summed E-state index contributed by atoms with van der Waals surface area (Å²) in [7, 11) is 0. The lowest BCUT2D eigenvalue weighted by molar-refractivity contribution is -0.383. The highest BCUT2D eigenvalue weighted by molar-refractivity contribution is 5.92. The third kappa shape index (κ3) is 4.42. The maximum Gasteiger partial charge on any atom is 0.408 e. The van der Waals surface area contributed by atoms with E-state index in [1.807, 2.05) is 0 Å². The first kappa shape index (κ1) is 26.8. The van der Waals surface area contributed by atoms with Gasteiger partial charge in [-0.1, -0.05) is 13.0 Å². The second kappa shape index (κ2) is 9.43. The number of cyclic esters (lactones) is 1. The van der Waals surface area contributed by atoms with Crippen molar-refractivity contribution < 1.29 is 33.5 Å². The lowest BCUT2D eigenvalue weighted by atomic mass is 9.85. The van der Waals surface area contributed by atoms with Crippen LogP contribution in [0.3, 0.4) is 0 Å². The number of alkyl carbamates (subject to hydrolysis) is 1. The average Bonchev–Trinajstić information content (AvgIpc) is 3.24. The van der Waals surface area contributed by atoms with Crippen LogP contribution in [0.25, 0.3) is 22.3 Å². The van der Waals surface area contributed by atoms with E-state index in [1.54, 1.807) is 45.9 Å². The van der Waals surface area contributed by atoms with Crippen molar-refractivity contribution in [1.29, 1.82) is 0 Å². The van der Waals surface area contributed by atoms with Gasteiger partial charge in [-0.15, -0.1) is 0 Å². The van der Waals surface area contributed by atoms with Gasteiger partial charge in [0.25, 0.3) is 11.2 Å². The number of amides is 1. The molecular weight excluding hydrogens is 524 g/mol. The van der Waals surface area contributed by atoms with Crippen LogP contribution in [0, 0.1) is 10.1 Å². The molecule has 2 aromatic heterocycles. The zero-order valence-corrected chi connectivity index (χ0v) is 22.2. The number of pyridine rings is 2. The summed E-state index contributed by atoms with van der Waals surface area (Å²) in [5, 5.41) is 14.2. The van der Waals surface area contributed by atoms with Crippen LogP contribution < -0.4 is 10.9 Å². The summed E-state index contributed by atoms with van der Waals surface area (Å²) in [4.78, 5) is 67.2. The fourth-order valence-electron chi connectivity index (χ4n) is 4.99. The molecule has 0 saturated carbocycles. The minimum atomic E-state index is -1.94. The SMILES string of the molecule is CC[C@@]1(OC(=O)CNC(=O)OC(C)(C)C)C(=O)OCc2c1cc1n(c2=O)Cc2cc3c([N+](=O)[O-])cccc3nc2-1. The number of fused-ring (bicyclic) bond motifs is 5. The second-order valence-electron chi connectivity index (χ2n) is 10.5. The van der Waals surface area contributed by atoms with Crippen molar-refractivity contribution in [2.75, 3.05) is 6.54 Å². The van der Waals surface area contributed by atoms with Gasteiger partial charge in [-0.2, -0.15) is 0 Å². The van der Waals surface area contributed by atoms with Gasteiger partial charge in [-0.25, -0.2) is 14.6 Å². The zero-order valence-electron chi connectivity index (χ0n) is 22.2. The fourth-order valence-corrected chi connectivity index (χ4v) is 4.99. The fraction of sp³-hybridized carbons (Fsp3) is 0.370. The maximum absolute atomic E-state index is 13.6. The number of hydrogen-bond donors (Lipinski definition) is 1. The molecule has 0 fully saturated rings. The number of carbonyl (C=O) groups excluding carboxylic acids is 3. The maximum atomic E-state index is 13.6. The number of ether oxygens (including phenoxy) is 3. The van der Waals surface area contributed by atoms with Crippen LogP contribution in [-0.2, 0) is 42.6 Å². The quantitative estimate of drug-likeness (QED) is 0.169. The minimum Gasteiger partial charge on any atom is -0.457 e. The Kier molecular flexibility index (Phi) is 6.32. The first-order valence-electron chi connectivity index (χ1n) is 12.5. The van der Waals surface area contributed by atoms with Crippen LogP contribution in [-0.4, -0.2) is 44.7 Å². The minimum absolute atomic E-state index is 0.0515. The number of benzene rings is 1. The van der Waals surface area contributed by atoms with Crippen molar-refractivity contribution in [2.24, 2.45) is 0 Å². The van der Waals surface area contributed by atoms with E-state index in [1.165, 1.54) is 16.7 Å². The normalized spacial score (nSPS) is 17.4. The molecule has 1 amide bonds. The Bertz CT molecular complexity index is 1670. The number of nitrogens with one attached hydrogen (secondary N) is 1. The molecule has 0 saturated heterocycles. The van der Waals surface area contributed by atoms with Crippen molar-refractivity contribution >= 4 is 34.6 Å². The van der Waals surface area contributed by atoms with Crippen LogP contribution >= 0.6 is 0 Å². The molecule has 0 radical (unpaired) electrons. The lowest BCUT2D eigenvalue weighted by Gasteiger charge is -2.35. The number of aromatic nitrogens is 2. The lowest BCUT2D eigenvalue weighted by Crippen LogP contribution is -2.49. The highest BCUT2D eigenvalue weighted by Gasteiger charge is 2.50. The Morgan fingerprint density at radius 2 is 2.00 bits per heavy atom. The Morgan fingerprint density at radius 1 is 1.25 bits per heavy atom. The molecule has 0 unspecified atom stereocenters. The number of rotatable bonds is 5. The van der Waals surface area contributed by atoms with Crippen LogP contribution in [0.5, 0.6) is 0 Å². The molecule has 1 atom stereocenters. The summed E-state index contributed by atoms with van der Waals surface area (Å²) < 4.78 is 17.5. The van der Waals surface area contributed by atoms with E-state index in [4.69, 9.17) is 14.2 Å². The van der Waals surface area contributed by atoms with Gasteiger partial charge >= 0.3 is 18.0 Å². The van der Waals surface area contributed by atoms with Crippen molar-refractivity contribution in [2.45, 2.75) is 58.5 Å². The number of carbonyl (C=O) groups is 3. The molecule has 4 heterocycles. The standard InChI is InChI=1S/C27H26N4O9/c1-5-27(39-21(32)11-28-25(35)40-26(2,3)4)17-10-20-22-14(12-30(20)23(33)16(17)13-38-24(27)34)9-15-18(29-22)7-6-8-19(15)31(36)37/h6-10H,5,11-13H2,1-4H3,(H,28,35)/t27-/m0/s1. The van der Waals surface area contributed by atoms with Gasteiger partial charge in [0, 0.05) is 17.2 Å². The number of nitro groups is 1. The van der Waals surface area contributed by atoms with E-state index in [9.17, 15) is 29.3 Å². The van der Waals surface area contributed by atoms with Gasteiger partial charge in [-0.05, 0) is 45.4 Å². The second-order valence-corrected chi connectivity index (χ2v) is 10.5. The summed E-state index contributed by atoms with van der Waals surface area (Å²) in [6.07, 6.45) is -0.891. The molecule has 0 bridgehead atoms. The molecule has 0 spiro atoms. The van der Waals surface area contributed by atoms with Gasteiger partial charge in [0.1, 0.15) is 18.8 Å². The number of nitro benzene ring substituents is 1. The van der Waals surface area contributed by atoms with Crippen LogP contribution in [0.4, 0.5) is 10.5 Å². The summed E-state index contributed by atoms with van der Waals surface area (Å²) in [5.41, 5.74) is -1.22. The predicted molar refractivity (Wildman–Crippen MR) is 139 cm³/mol. The predicted octanol–water partition coefficient (Wildman–Crippen LogP) is 3.06. The van der Waals surface area contributed by atoms with E-state index in [-0.39, 0.29) is 36.4 Å². The molecule has 40 heavy (non-hydrogen) atoms. The smallest absolute Gasteiger partial charge is 0.408 e. The Balaban J connectivity index is 1.55. The van der Waals surface area contributed by atoms with E-state index in [0.717, 1.165) is 0 Å². The van der Waals surface area contributed by atoms with Crippen LogP contribution in [0.2, 0.25) is 0 Å². The average molecular weight is 551 g/mol. The topological polar surface area (TPSA) is 169 Å². The van der Waals surface area contributed by atoms with Gasteiger partial charge in [0.05, 0.1) is 39.3 Å². The molecular formula is C27H26N4O9. The third-order valence-electron chi connectivity index (χ3n) is 6.76. The van der Waals surface area contributed by atoms with Crippen molar-refractivity contribution in [3.05, 3.63) is 67.5 Å². The van der Waals surface area contributed by atoms with Crippen molar-refractivity contribution in [3.8, 4) is 11.4 Å². The van der Waals surface area contributed by atoms with Crippen molar-refractivity contribution in [1.82, 2.24) is 14.9 Å². The summed E-state index contributed by atoms with van der Waals surface area (Å²) in [5.74, 6) is -1.78. The first-order valence-corrected chi connectivity index (χ1v) is 12.5. The largest absolute Gasteiger partial charge is 0.457 e. The number of esters is 2. The third-order valence-corrected chi connectivity index (χ3v) is 6.76. The molecule has 2 aliphatic heterocycles. The molecule has 2 aliphatic rings. The molecule has 3 aromatic rings. The summed E-state index contributed by atoms with van der Waals surface area (Å²) in [6.45, 7) is 5.81.